The number of hydrogen-bond acceptors (Lipinski definition) is 4. The summed E-state index contributed by atoms with van der Waals surface area (Å²) in [6.45, 7) is 8.03. The van der Waals surface area contributed by atoms with Gasteiger partial charge < -0.3 is 19.7 Å². The minimum absolute atomic E-state index is 0.0401. The number of fused-ring (bicyclic) bond motifs is 1. The number of carbonyl (C=O) groups excluding carboxylic acids is 2. The van der Waals surface area contributed by atoms with Gasteiger partial charge in [-0.3, -0.25) is 9.59 Å². The van der Waals surface area contributed by atoms with Crippen molar-refractivity contribution < 1.29 is 19.1 Å². The fourth-order valence-corrected chi connectivity index (χ4v) is 2.07. The molecule has 1 heterocycles. The highest BCUT2D eigenvalue weighted by molar-refractivity contribution is 5.92. The lowest BCUT2D eigenvalue weighted by atomic mass is 9.96. The highest BCUT2D eigenvalue weighted by Crippen LogP contribution is 2.35. The van der Waals surface area contributed by atoms with Gasteiger partial charge in [0.25, 0.3) is 0 Å². The topological polar surface area (TPSA) is 67.9 Å². The van der Waals surface area contributed by atoms with Crippen LogP contribution in [-0.4, -0.2) is 31.7 Å². The predicted molar refractivity (Wildman–Crippen MR) is 83.1 cm³/mol. The second kappa shape index (κ2) is 6.25. The lowest BCUT2D eigenvalue weighted by Gasteiger charge is -2.23. The van der Waals surface area contributed by atoms with E-state index in [2.05, 4.69) is 5.32 Å². The molecule has 1 aliphatic heterocycles. The van der Waals surface area contributed by atoms with Crippen molar-refractivity contribution in [1.82, 2.24) is 5.32 Å². The molecule has 6 nitrogen and oxygen atoms in total. The lowest BCUT2D eigenvalue weighted by Crippen LogP contribution is -2.41. The second-order valence-electron chi connectivity index (χ2n) is 6.21. The molecule has 0 bridgehead atoms. The van der Waals surface area contributed by atoms with Gasteiger partial charge in [-0.05, 0) is 12.1 Å². The van der Waals surface area contributed by atoms with Gasteiger partial charge >= 0.3 is 0 Å². The average Bonchev–Trinajstić information content (AvgIpc) is 2.89. The van der Waals surface area contributed by atoms with Crippen LogP contribution in [0.1, 0.15) is 27.7 Å². The van der Waals surface area contributed by atoms with Gasteiger partial charge in [0, 0.05) is 37.2 Å². The second-order valence-corrected chi connectivity index (χ2v) is 6.21. The molecule has 0 saturated carbocycles. The molecule has 0 aromatic heterocycles. The Hall–Kier alpha value is -2.24. The first-order chi connectivity index (χ1) is 10.3. The van der Waals surface area contributed by atoms with E-state index in [1.54, 1.807) is 23.1 Å². The van der Waals surface area contributed by atoms with Crippen LogP contribution >= 0.6 is 0 Å². The van der Waals surface area contributed by atoms with Crippen LogP contribution in [-0.2, 0) is 9.59 Å². The molecule has 0 saturated heterocycles. The van der Waals surface area contributed by atoms with Crippen molar-refractivity contribution in [2.24, 2.45) is 5.41 Å². The maximum atomic E-state index is 11.9. The monoisotopic (exact) mass is 306 g/mol. The summed E-state index contributed by atoms with van der Waals surface area (Å²) >= 11 is 0. The summed E-state index contributed by atoms with van der Waals surface area (Å²) in [7, 11) is 0. The zero-order valence-corrected chi connectivity index (χ0v) is 13.4. The molecular formula is C16H22N2O4. The van der Waals surface area contributed by atoms with Gasteiger partial charge in [0.05, 0.1) is 0 Å². The highest BCUT2D eigenvalue weighted by Gasteiger charge is 2.22. The van der Waals surface area contributed by atoms with E-state index < -0.39 is 5.41 Å². The maximum absolute atomic E-state index is 11.9. The third kappa shape index (κ3) is 3.69. The number of benzene rings is 1. The third-order valence-corrected chi connectivity index (χ3v) is 3.35. The first-order valence-corrected chi connectivity index (χ1v) is 7.25. The molecule has 0 unspecified atom stereocenters. The number of ether oxygens (including phenoxy) is 2. The molecule has 0 radical (unpaired) electrons. The SMILES string of the molecule is CC(=O)N(CCNC(=O)C(C)(C)C)c1ccc2c(c1)OCO2. The van der Waals surface area contributed by atoms with Gasteiger partial charge in [0.1, 0.15) is 0 Å². The van der Waals surface area contributed by atoms with Crippen molar-refractivity contribution in [3.8, 4) is 11.5 Å². The van der Waals surface area contributed by atoms with Gasteiger partial charge in [-0.2, -0.15) is 0 Å². The smallest absolute Gasteiger partial charge is 0.231 e. The lowest BCUT2D eigenvalue weighted by molar-refractivity contribution is -0.128. The molecule has 120 valence electrons. The zero-order valence-electron chi connectivity index (χ0n) is 13.4. The standard InChI is InChI=1S/C16H22N2O4/c1-11(19)18(8-7-17-15(20)16(2,3)4)12-5-6-13-14(9-12)22-10-21-13/h5-6,9H,7-8,10H2,1-4H3,(H,17,20). The highest BCUT2D eigenvalue weighted by atomic mass is 16.7. The Kier molecular flexibility index (Phi) is 4.59. The summed E-state index contributed by atoms with van der Waals surface area (Å²) in [5.41, 5.74) is 0.279. The van der Waals surface area contributed by atoms with Gasteiger partial charge in [0.15, 0.2) is 11.5 Å². The van der Waals surface area contributed by atoms with Crippen molar-refractivity contribution in [1.29, 1.82) is 0 Å². The quantitative estimate of drug-likeness (QED) is 0.923. The summed E-state index contributed by atoms with van der Waals surface area (Å²) in [6, 6.07) is 5.36. The first kappa shape index (κ1) is 16.1. The zero-order chi connectivity index (χ0) is 16.3. The number of hydrogen-bond donors (Lipinski definition) is 1. The third-order valence-electron chi connectivity index (χ3n) is 3.35. The largest absolute Gasteiger partial charge is 0.454 e. The van der Waals surface area contributed by atoms with Crippen LogP contribution in [0.3, 0.4) is 0 Å². The molecule has 22 heavy (non-hydrogen) atoms. The summed E-state index contributed by atoms with van der Waals surface area (Å²) in [5, 5.41) is 2.84. The summed E-state index contributed by atoms with van der Waals surface area (Å²) in [4.78, 5) is 25.3. The van der Waals surface area contributed by atoms with Crippen molar-refractivity contribution in [3.05, 3.63) is 18.2 Å². The number of nitrogens with one attached hydrogen (secondary N) is 1. The molecule has 2 rings (SSSR count). The van der Waals surface area contributed by atoms with Crippen LogP contribution in [0.15, 0.2) is 18.2 Å². The van der Waals surface area contributed by atoms with E-state index in [4.69, 9.17) is 9.47 Å². The Balaban J connectivity index is 2.02. The van der Waals surface area contributed by atoms with Crippen molar-refractivity contribution in [3.63, 3.8) is 0 Å². The van der Waals surface area contributed by atoms with E-state index in [0.29, 0.717) is 24.6 Å². The van der Waals surface area contributed by atoms with Crippen LogP contribution < -0.4 is 19.7 Å². The molecule has 0 spiro atoms. The minimum atomic E-state index is -0.445. The molecule has 1 N–H and O–H groups in total. The van der Waals surface area contributed by atoms with E-state index >= 15 is 0 Å². The minimum Gasteiger partial charge on any atom is -0.454 e. The number of amides is 2. The van der Waals surface area contributed by atoms with Crippen LogP contribution in [0.5, 0.6) is 11.5 Å². The van der Waals surface area contributed by atoms with E-state index in [1.807, 2.05) is 20.8 Å². The normalized spacial score (nSPS) is 12.9. The molecular weight excluding hydrogens is 284 g/mol. The summed E-state index contributed by atoms with van der Waals surface area (Å²) < 4.78 is 10.6. The fraction of sp³-hybridized carbons (Fsp3) is 0.500. The molecule has 6 heteroatoms. The molecule has 1 aliphatic rings. The number of carbonyl (C=O) groups is 2. The number of anilines is 1. The molecule has 1 aromatic rings. The molecule has 0 atom stereocenters. The van der Waals surface area contributed by atoms with E-state index in [0.717, 1.165) is 5.69 Å². The van der Waals surface area contributed by atoms with E-state index in [-0.39, 0.29) is 18.6 Å². The average molecular weight is 306 g/mol. The van der Waals surface area contributed by atoms with Gasteiger partial charge in [-0.1, -0.05) is 20.8 Å². The summed E-state index contributed by atoms with van der Waals surface area (Å²) in [5.74, 6) is 1.17. The van der Waals surface area contributed by atoms with Crippen LogP contribution in [0.2, 0.25) is 0 Å². The molecule has 2 amide bonds. The Bertz CT molecular complexity index is 578. The molecule has 0 aliphatic carbocycles. The van der Waals surface area contributed by atoms with E-state index in [9.17, 15) is 9.59 Å². The summed E-state index contributed by atoms with van der Waals surface area (Å²) in [6.07, 6.45) is 0. The number of rotatable bonds is 4. The number of nitrogens with zero attached hydrogens (tertiary/aromatic N) is 1. The fourth-order valence-electron chi connectivity index (χ4n) is 2.07. The molecule has 0 fully saturated rings. The predicted octanol–water partition coefficient (Wildman–Crippen LogP) is 1.93. The van der Waals surface area contributed by atoms with Gasteiger partial charge in [0.2, 0.25) is 18.6 Å². The van der Waals surface area contributed by atoms with Crippen LogP contribution in [0.25, 0.3) is 0 Å². The van der Waals surface area contributed by atoms with Crippen LogP contribution in [0, 0.1) is 5.41 Å². The first-order valence-electron chi connectivity index (χ1n) is 7.25. The van der Waals surface area contributed by atoms with Crippen molar-refractivity contribution in [2.75, 3.05) is 24.8 Å². The Labute approximate surface area is 130 Å². The maximum Gasteiger partial charge on any atom is 0.231 e. The Morgan fingerprint density at radius 1 is 1.23 bits per heavy atom. The van der Waals surface area contributed by atoms with Crippen molar-refractivity contribution in [2.45, 2.75) is 27.7 Å². The van der Waals surface area contributed by atoms with Gasteiger partial charge in [-0.25, -0.2) is 0 Å². The van der Waals surface area contributed by atoms with E-state index in [1.165, 1.54) is 6.92 Å². The van der Waals surface area contributed by atoms with Crippen LogP contribution in [0.4, 0.5) is 5.69 Å². The Morgan fingerprint density at radius 2 is 1.91 bits per heavy atom. The van der Waals surface area contributed by atoms with Gasteiger partial charge in [-0.15, -0.1) is 0 Å². The molecule has 1 aromatic carbocycles. The van der Waals surface area contributed by atoms with Crippen molar-refractivity contribution >= 4 is 17.5 Å². The Morgan fingerprint density at radius 3 is 2.55 bits per heavy atom.